The smallest absolute Gasteiger partial charge is 0.456 e. The molecule has 1 atom stereocenters. The van der Waals surface area contributed by atoms with E-state index in [1.165, 1.54) is 24.3 Å². The van der Waals surface area contributed by atoms with Crippen LogP contribution in [0.1, 0.15) is 18.1 Å². The number of likely N-dealkylation sites (tertiary alicyclic amines) is 1. The fourth-order valence-electron chi connectivity index (χ4n) is 4.44. The highest BCUT2D eigenvalue weighted by Crippen LogP contribution is 2.50. The molecular formula is C24H23F3N2O3. The summed E-state index contributed by atoms with van der Waals surface area (Å²) in [5.74, 6) is 0.831. The number of benzene rings is 2. The average molecular weight is 444 g/mol. The summed E-state index contributed by atoms with van der Waals surface area (Å²) in [4.78, 5) is 6.09. The minimum absolute atomic E-state index is 0.334. The van der Waals surface area contributed by atoms with Gasteiger partial charge in [-0.25, -0.2) is 0 Å². The van der Waals surface area contributed by atoms with Crippen molar-refractivity contribution in [1.82, 2.24) is 9.88 Å². The molecular weight excluding hydrogens is 421 g/mol. The van der Waals surface area contributed by atoms with Crippen molar-refractivity contribution in [1.29, 1.82) is 0 Å². The quantitative estimate of drug-likeness (QED) is 0.583. The van der Waals surface area contributed by atoms with Crippen molar-refractivity contribution in [3.63, 3.8) is 0 Å². The van der Waals surface area contributed by atoms with Crippen LogP contribution in [0.15, 0.2) is 73.1 Å². The monoisotopic (exact) mass is 444 g/mol. The second kappa shape index (κ2) is 8.11. The predicted octanol–water partition coefficient (Wildman–Crippen LogP) is 4.96. The van der Waals surface area contributed by atoms with E-state index in [0.717, 1.165) is 0 Å². The lowest BCUT2D eigenvalue weighted by atomic mass is 9.62. The number of hydrogen-bond acceptors (Lipinski definition) is 5. The number of alkyl halides is 3. The largest absolute Gasteiger partial charge is 0.573 e. The third-order valence-corrected chi connectivity index (χ3v) is 5.76. The fourth-order valence-corrected chi connectivity index (χ4v) is 4.44. The molecule has 1 saturated heterocycles. The summed E-state index contributed by atoms with van der Waals surface area (Å²) in [6.45, 7) is 3.21. The van der Waals surface area contributed by atoms with Crippen molar-refractivity contribution in [2.45, 2.75) is 18.9 Å². The van der Waals surface area contributed by atoms with E-state index in [4.69, 9.17) is 4.74 Å². The fraction of sp³-hybridized carbons (Fsp3) is 0.292. The van der Waals surface area contributed by atoms with Crippen LogP contribution >= 0.6 is 0 Å². The third-order valence-electron chi connectivity index (χ3n) is 5.76. The summed E-state index contributed by atoms with van der Waals surface area (Å²) in [6, 6.07) is 16.0. The molecule has 0 aliphatic carbocycles. The van der Waals surface area contributed by atoms with Crippen LogP contribution in [0.3, 0.4) is 0 Å². The van der Waals surface area contributed by atoms with Gasteiger partial charge in [0.2, 0.25) is 0 Å². The van der Waals surface area contributed by atoms with E-state index in [2.05, 4.69) is 14.6 Å². The van der Waals surface area contributed by atoms with Gasteiger partial charge in [0.15, 0.2) is 0 Å². The molecule has 1 unspecified atom stereocenters. The normalized spacial score (nSPS) is 17.8. The Morgan fingerprint density at radius 2 is 1.47 bits per heavy atom. The molecule has 32 heavy (non-hydrogen) atoms. The van der Waals surface area contributed by atoms with E-state index in [1.54, 1.807) is 48.8 Å². The molecule has 3 aromatic rings. The van der Waals surface area contributed by atoms with Gasteiger partial charge in [-0.1, -0.05) is 31.2 Å². The molecule has 1 aliphatic heterocycles. The SMILES string of the molecule is CN1CC(C)(C(O)(c2ccc(Oc3cccnc3)cc2)c2ccc(OC(F)(F)F)cc2)C1. The van der Waals surface area contributed by atoms with E-state index in [1.807, 2.05) is 14.0 Å². The number of ether oxygens (including phenoxy) is 2. The van der Waals surface area contributed by atoms with Crippen molar-refractivity contribution in [3.8, 4) is 17.2 Å². The van der Waals surface area contributed by atoms with Crippen LogP contribution in [-0.2, 0) is 5.60 Å². The summed E-state index contributed by atoms with van der Waals surface area (Å²) >= 11 is 0. The van der Waals surface area contributed by atoms with Crippen molar-refractivity contribution in [3.05, 3.63) is 84.2 Å². The predicted molar refractivity (Wildman–Crippen MR) is 112 cm³/mol. The standard InChI is InChI=1S/C24H23F3N2O3/c1-22(15-29(2)16-22)23(30,18-7-11-20(12-8-18)32-24(25,26)27)17-5-9-19(10-6-17)31-21-4-3-13-28-14-21/h3-14,30H,15-16H2,1-2H3. The molecule has 0 saturated carbocycles. The Balaban J connectivity index is 1.66. The molecule has 0 amide bonds. The van der Waals surface area contributed by atoms with Crippen LogP contribution in [0.5, 0.6) is 17.2 Å². The van der Waals surface area contributed by atoms with E-state index in [9.17, 15) is 18.3 Å². The highest BCUT2D eigenvalue weighted by molar-refractivity contribution is 5.44. The molecule has 0 spiro atoms. The summed E-state index contributed by atoms with van der Waals surface area (Å²) < 4.78 is 47.4. The van der Waals surface area contributed by atoms with Gasteiger partial charge in [0.05, 0.1) is 6.20 Å². The second-order valence-corrected chi connectivity index (χ2v) is 8.33. The van der Waals surface area contributed by atoms with Gasteiger partial charge in [-0.15, -0.1) is 13.2 Å². The number of pyridine rings is 1. The second-order valence-electron chi connectivity index (χ2n) is 8.33. The minimum Gasteiger partial charge on any atom is -0.456 e. The van der Waals surface area contributed by atoms with Crippen LogP contribution in [0, 0.1) is 5.41 Å². The van der Waals surface area contributed by atoms with Gasteiger partial charge in [-0.05, 0) is 54.6 Å². The molecule has 8 heteroatoms. The first-order valence-corrected chi connectivity index (χ1v) is 10.0. The number of aromatic nitrogens is 1. The molecule has 0 bridgehead atoms. The number of halogens is 3. The Labute approximate surface area is 184 Å². The molecule has 168 valence electrons. The van der Waals surface area contributed by atoms with E-state index in [0.29, 0.717) is 35.7 Å². The highest BCUT2D eigenvalue weighted by Gasteiger charge is 2.55. The van der Waals surface area contributed by atoms with Crippen molar-refractivity contribution >= 4 is 0 Å². The zero-order chi connectivity index (χ0) is 23.0. The van der Waals surface area contributed by atoms with Gasteiger partial charge in [0.25, 0.3) is 0 Å². The number of hydrogen-bond donors (Lipinski definition) is 1. The molecule has 2 aromatic carbocycles. The Morgan fingerprint density at radius 3 is 1.94 bits per heavy atom. The Kier molecular flexibility index (Phi) is 5.60. The molecule has 1 N–H and O–H groups in total. The van der Waals surface area contributed by atoms with Gasteiger partial charge >= 0.3 is 6.36 Å². The van der Waals surface area contributed by atoms with E-state index >= 15 is 0 Å². The van der Waals surface area contributed by atoms with E-state index in [-0.39, 0.29) is 5.75 Å². The summed E-state index contributed by atoms with van der Waals surface area (Å²) in [5.41, 5.74) is -0.858. The summed E-state index contributed by atoms with van der Waals surface area (Å²) in [6.07, 6.45) is -1.53. The minimum atomic E-state index is -4.77. The zero-order valence-corrected chi connectivity index (χ0v) is 17.6. The maximum atomic E-state index is 12.5. The maximum absolute atomic E-state index is 12.5. The molecule has 1 aromatic heterocycles. The first-order valence-electron chi connectivity index (χ1n) is 10.0. The lowest BCUT2D eigenvalue weighted by Gasteiger charge is -2.56. The summed E-state index contributed by atoms with van der Waals surface area (Å²) in [5, 5.41) is 12.0. The number of rotatable bonds is 6. The van der Waals surface area contributed by atoms with Gasteiger partial charge < -0.3 is 19.5 Å². The van der Waals surface area contributed by atoms with Gasteiger partial charge in [-0.2, -0.15) is 0 Å². The van der Waals surface area contributed by atoms with Crippen molar-refractivity contribution in [2.24, 2.45) is 5.41 Å². The molecule has 5 nitrogen and oxygen atoms in total. The molecule has 4 rings (SSSR count). The van der Waals surface area contributed by atoms with Crippen LogP contribution < -0.4 is 9.47 Å². The Morgan fingerprint density at radius 1 is 0.906 bits per heavy atom. The third kappa shape index (κ3) is 4.28. The van der Waals surface area contributed by atoms with Gasteiger partial charge in [-0.3, -0.25) is 4.98 Å². The van der Waals surface area contributed by atoms with Crippen molar-refractivity contribution in [2.75, 3.05) is 20.1 Å². The number of aliphatic hydroxyl groups is 1. The lowest BCUT2D eigenvalue weighted by molar-refractivity contribution is -0.274. The lowest BCUT2D eigenvalue weighted by Crippen LogP contribution is -2.63. The van der Waals surface area contributed by atoms with Crippen LogP contribution in [-0.4, -0.2) is 41.5 Å². The van der Waals surface area contributed by atoms with Crippen molar-refractivity contribution < 1.29 is 27.8 Å². The molecule has 0 radical (unpaired) electrons. The zero-order valence-electron chi connectivity index (χ0n) is 17.6. The Hall–Kier alpha value is -3.10. The first-order chi connectivity index (χ1) is 15.1. The number of nitrogens with zero attached hydrogens (tertiary/aromatic N) is 2. The average Bonchev–Trinajstić information content (AvgIpc) is 2.73. The maximum Gasteiger partial charge on any atom is 0.573 e. The molecule has 2 heterocycles. The van der Waals surface area contributed by atoms with Crippen LogP contribution in [0.2, 0.25) is 0 Å². The van der Waals surface area contributed by atoms with Gasteiger partial charge in [0, 0.05) is 24.7 Å². The topological polar surface area (TPSA) is 54.8 Å². The Bertz CT molecular complexity index is 1050. The molecule has 1 aliphatic rings. The first kappa shape index (κ1) is 22.1. The highest BCUT2D eigenvalue weighted by atomic mass is 19.4. The van der Waals surface area contributed by atoms with Gasteiger partial charge in [0.1, 0.15) is 22.8 Å². The summed E-state index contributed by atoms with van der Waals surface area (Å²) in [7, 11) is 1.95. The van der Waals surface area contributed by atoms with Crippen LogP contribution in [0.25, 0.3) is 0 Å². The van der Waals surface area contributed by atoms with E-state index < -0.39 is 17.4 Å². The van der Waals surface area contributed by atoms with Crippen LogP contribution in [0.4, 0.5) is 13.2 Å². The molecule has 1 fully saturated rings.